The molecular weight excluding hydrogens is 356 g/mol. The van der Waals surface area contributed by atoms with E-state index in [2.05, 4.69) is 4.72 Å². The molecule has 1 aliphatic heterocycles. The van der Waals surface area contributed by atoms with Gasteiger partial charge in [-0.25, -0.2) is 13.2 Å². The van der Waals surface area contributed by atoms with Gasteiger partial charge in [-0.05, 0) is 50.2 Å². The number of amides is 1. The molecule has 1 fully saturated rings. The van der Waals surface area contributed by atoms with Gasteiger partial charge in [-0.15, -0.1) is 0 Å². The summed E-state index contributed by atoms with van der Waals surface area (Å²) in [5.74, 6) is 0.461. The van der Waals surface area contributed by atoms with Gasteiger partial charge in [0.2, 0.25) is 0 Å². The van der Waals surface area contributed by atoms with Gasteiger partial charge in [0, 0.05) is 5.69 Å². The summed E-state index contributed by atoms with van der Waals surface area (Å²) in [5, 5.41) is 0. The van der Waals surface area contributed by atoms with Crippen LogP contribution in [0.1, 0.15) is 13.8 Å². The molecule has 8 heteroatoms. The predicted molar refractivity (Wildman–Crippen MR) is 98.2 cm³/mol. The van der Waals surface area contributed by atoms with E-state index in [-0.39, 0.29) is 11.0 Å². The van der Waals surface area contributed by atoms with Crippen molar-refractivity contribution in [3.8, 4) is 5.75 Å². The first-order valence-corrected chi connectivity index (χ1v) is 9.68. The molecular formula is C18H20N2O5S. The van der Waals surface area contributed by atoms with Crippen LogP contribution in [0.5, 0.6) is 5.75 Å². The number of carbonyl (C=O) groups excluding carboxylic acids is 1. The van der Waals surface area contributed by atoms with Crippen LogP contribution in [-0.2, 0) is 14.8 Å². The van der Waals surface area contributed by atoms with E-state index in [9.17, 15) is 13.2 Å². The Labute approximate surface area is 152 Å². The zero-order valence-corrected chi connectivity index (χ0v) is 15.3. The molecule has 3 rings (SSSR count). The van der Waals surface area contributed by atoms with Crippen LogP contribution in [0.4, 0.5) is 16.2 Å². The van der Waals surface area contributed by atoms with Crippen molar-refractivity contribution in [1.82, 2.24) is 0 Å². The second-order valence-corrected chi connectivity index (χ2v) is 7.71. The summed E-state index contributed by atoms with van der Waals surface area (Å²) in [6.07, 6.45) is -0.515. The maximum absolute atomic E-state index is 12.7. The first kappa shape index (κ1) is 18.1. The van der Waals surface area contributed by atoms with Gasteiger partial charge in [0.1, 0.15) is 12.4 Å². The largest absolute Gasteiger partial charge is 0.489 e. The van der Waals surface area contributed by atoms with Gasteiger partial charge >= 0.3 is 6.09 Å². The number of sulfonamides is 1. The second kappa shape index (κ2) is 7.25. The molecule has 0 radical (unpaired) electrons. The number of carbonyl (C=O) groups is 1. The summed E-state index contributed by atoms with van der Waals surface area (Å²) < 4.78 is 38.4. The highest BCUT2D eigenvalue weighted by molar-refractivity contribution is 7.92. The second-order valence-electron chi connectivity index (χ2n) is 6.03. The lowest BCUT2D eigenvalue weighted by molar-refractivity contribution is 0.181. The van der Waals surface area contributed by atoms with Crippen LogP contribution in [-0.4, -0.2) is 33.8 Å². The van der Waals surface area contributed by atoms with Gasteiger partial charge in [-0.2, -0.15) is 0 Å². The van der Waals surface area contributed by atoms with E-state index in [0.29, 0.717) is 30.3 Å². The van der Waals surface area contributed by atoms with E-state index < -0.39 is 16.1 Å². The fourth-order valence-electron chi connectivity index (χ4n) is 2.54. The van der Waals surface area contributed by atoms with E-state index >= 15 is 0 Å². The molecule has 1 heterocycles. The number of rotatable bonds is 6. The average Bonchev–Trinajstić information content (AvgIpc) is 3.02. The molecule has 138 valence electrons. The minimum atomic E-state index is -3.79. The van der Waals surface area contributed by atoms with Crippen molar-refractivity contribution < 1.29 is 22.7 Å². The van der Waals surface area contributed by atoms with Gasteiger partial charge < -0.3 is 9.47 Å². The smallest absolute Gasteiger partial charge is 0.414 e. The Morgan fingerprint density at radius 1 is 1.12 bits per heavy atom. The maximum Gasteiger partial charge on any atom is 0.414 e. The molecule has 1 saturated heterocycles. The summed E-state index contributed by atoms with van der Waals surface area (Å²) >= 11 is 0. The average molecular weight is 376 g/mol. The Hall–Kier alpha value is -2.74. The van der Waals surface area contributed by atoms with Crippen LogP contribution in [0.2, 0.25) is 0 Å². The van der Waals surface area contributed by atoms with Gasteiger partial charge in [0.25, 0.3) is 10.0 Å². The van der Waals surface area contributed by atoms with E-state index in [1.807, 2.05) is 13.8 Å². The van der Waals surface area contributed by atoms with Crippen LogP contribution in [0.25, 0.3) is 0 Å². The van der Waals surface area contributed by atoms with Gasteiger partial charge in [0.15, 0.2) is 0 Å². The quantitative estimate of drug-likeness (QED) is 0.837. The number of cyclic esters (lactones) is 1. The zero-order valence-electron chi connectivity index (χ0n) is 14.5. The number of hydrogen-bond donors (Lipinski definition) is 1. The monoisotopic (exact) mass is 376 g/mol. The summed E-state index contributed by atoms with van der Waals surface area (Å²) in [7, 11) is -3.79. The molecule has 0 aromatic heterocycles. The van der Waals surface area contributed by atoms with Crippen molar-refractivity contribution >= 4 is 27.5 Å². The molecule has 0 spiro atoms. The Morgan fingerprint density at radius 3 is 2.42 bits per heavy atom. The van der Waals surface area contributed by atoms with E-state index in [0.717, 1.165) is 0 Å². The summed E-state index contributed by atoms with van der Waals surface area (Å²) in [4.78, 5) is 13.1. The number of anilines is 2. The number of nitrogens with zero attached hydrogens (tertiary/aromatic N) is 1. The van der Waals surface area contributed by atoms with Gasteiger partial charge in [0.05, 0.1) is 23.2 Å². The molecule has 1 amide bonds. The number of hydrogen-bond acceptors (Lipinski definition) is 5. The van der Waals surface area contributed by atoms with Crippen molar-refractivity contribution in [2.45, 2.75) is 24.8 Å². The number of benzene rings is 2. The van der Waals surface area contributed by atoms with Crippen LogP contribution < -0.4 is 14.4 Å². The third kappa shape index (κ3) is 3.91. The summed E-state index contributed by atoms with van der Waals surface area (Å²) in [6, 6.07) is 12.9. The SMILES string of the molecule is CC(C)Oc1ccccc1NS(=O)(=O)c1ccc(N2CCOC2=O)cc1. The lowest BCUT2D eigenvalue weighted by atomic mass is 10.3. The van der Waals surface area contributed by atoms with Crippen LogP contribution in [0.15, 0.2) is 53.4 Å². The minimum absolute atomic E-state index is 0.0832. The number of nitrogens with one attached hydrogen (secondary N) is 1. The Balaban J connectivity index is 1.82. The molecule has 0 unspecified atom stereocenters. The van der Waals surface area contributed by atoms with Crippen molar-refractivity contribution in [1.29, 1.82) is 0 Å². The van der Waals surface area contributed by atoms with E-state index in [1.165, 1.54) is 17.0 Å². The van der Waals surface area contributed by atoms with Crippen LogP contribution in [0, 0.1) is 0 Å². The number of ether oxygens (including phenoxy) is 2. The molecule has 7 nitrogen and oxygen atoms in total. The minimum Gasteiger partial charge on any atom is -0.489 e. The van der Waals surface area contributed by atoms with Crippen LogP contribution in [0.3, 0.4) is 0 Å². The molecule has 2 aromatic carbocycles. The molecule has 0 bridgehead atoms. The first-order valence-electron chi connectivity index (χ1n) is 8.20. The molecule has 0 aliphatic carbocycles. The van der Waals surface area contributed by atoms with Crippen LogP contribution >= 0.6 is 0 Å². The predicted octanol–water partition coefficient (Wildman–Crippen LogP) is 3.23. The van der Waals surface area contributed by atoms with Crippen molar-refractivity contribution in [2.75, 3.05) is 22.8 Å². The molecule has 1 aliphatic rings. The Kier molecular flexibility index (Phi) is 5.03. The van der Waals surface area contributed by atoms with Gasteiger partial charge in [-0.3, -0.25) is 9.62 Å². The lowest BCUT2D eigenvalue weighted by Gasteiger charge is -2.16. The maximum atomic E-state index is 12.7. The highest BCUT2D eigenvalue weighted by Crippen LogP contribution is 2.28. The fraction of sp³-hybridized carbons (Fsp3) is 0.278. The van der Waals surface area contributed by atoms with Crippen molar-refractivity contribution in [3.05, 3.63) is 48.5 Å². The van der Waals surface area contributed by atoms with E-state index in [4.69, 9.17) is 9.47 Å². The standard InChI is InChI=1S/C18H20N2O5S/c1-13(2)25-17-6-4-3-5-16(17)19-26(22,23)15-9-7-14(8-10-15)20-11-12-24-18(20)21/h3-10,13,19H,11-12H2,1-2H3. The molecule has 0 saturated carbocycles. The van der Waals surface area contributed by atoms with Crippen molar-refractivity contribution in [3.63, 3.8) is 0 Å². The normalized spacial score (nSPS) is 14.4. The molecule has 2 aromatic rings. The zero-order chi connectivity index (χ0) is 18.7. The van der Waals surface area contributed by atoms with Gasteiger partial charge in [-0.1, -0.05) is 12.1 Å². The lowest BCUT2D eigenvalue weighted by Crippen LogP contribution is -2.23. The van der Waals surface area contributed by atoms with E-state index in [1.54, 1.807) is 36.4 Å². The topological polar surface area (TPSA) is 84.9 Å². The molecule has 1 N–H and O–H groups in total. The highest BCUT2D eigenvalue weighted by atomic mass is 32.2. The van der Waals surface area contributed by atoms with Crippen molar-refractivity contribution in [2.24, 2.45) is 0 Å². The third-order valence-corrected chi connectivity index (χ3v) is 5.09. The fourth-order valence-corrected chi connectivity index (χ4v) is 3.61. The first-order chi connectivity index (χ1) is 12.4. The Bertz CT molecular complexity index is 894. The summed E-state index contributed by atoms with van der Waals surface area (Å²) in [5.41, 5.74) is 0.961. The third-order valence-electron chi connectivity index (χ3n) is 3.71. The summed E-state index contributed by atoms with van der Waals surface area (Å²) in [6.45, 7) is 4.51. The number of para-hydroxylation sites is 2. The molecule has 0 atom stereocenters. The highest BCUT2D eigenvalue weighted by Gasteiger charge is 2.24. The Morgan fingerprint density at radius 2 is 1.81 bits per heavy atom. The molecule has 26 heavy (non-hydrogen) atoms.